The second-order valence-electron chi connectivity index (χ2n) is 8.98. The first-order chi connectivity index (χ1) is 19.6. The van der Waals surface area contributed by atoms with Gasteiger partial charge in [0.25, 0.3) is 0 Å². The number of carboxylic acid groups (broad SMARTS) is 1. The van der Waals surface area contributed by atoms with E-state index in [9.17, 15) is 18.0 Å². The van der Waals surface area contributed by atoms with E-state index in [-0.39, 0.29) is 5.97 Å². The Kier molecular flexibility index (Phi) is 9.15. The summed E-state index contributed by atoms with van der Waals surface area (Å²) in [5.74, 6) is -2.20. The summed E-state index contributed by atoms with van der Waals surface area (Å²) < 4.78 is 36.5. The molecule has 0 saturated heterocycles. The van der Waals surface area contributed by atoms with Crippen molar-refractivity contribution in [3.8, 4) is 22.5 Å². The lowest BCUT2D eigenvalue weighted by atomic mass is 10.0. The number of carbonyl (C=O) groups is 2. The number of rotatable bonds is 7. The van der Waals surface area contributed by atoms with Gasteiger partial charge in [0.2, 0.25) is 0 Å². The van der Waals surface area contributed by atoms with Crippen LogP contribution in [0.1, 0.15) is 21.5 Å². The second-order valence-corrected chi connectivity index (χ2v) is 8.98. The highest BCUT2D eigenvalue weighted by molar-refractivity contribution is 5.89. The monoisotopic (exact) mass is 561 g/mol. The number of hydrogen-bond acceptors (Lipinski definition) is 5. The minimum atomic E-state index is -5.08. The number of para-hydroxylation sites is 2. The van der Waals surface area contributed by atoms with Gasteiger partial charge >= 0.3 is 18.1 Å². The number of H-pyrrole nitrogens is 1. The first-order valence-corrected chi connectivity index (χ1v) is 12.5. The van der Waals surface area contributed by atoms with Crippen LogP contribution in [0.2, 0.25) is 0 Å². The van der Waals surface area contributed by atoms with Gasteiger partial charge in [-0.05, 0) is 52.6 Å². The Labute approximate surface area is 233 Å². The van der Waals surface area contributed by atoms with Crippen LogP contribution < -0.4 is 5.32 Å². The van der Waals surface area contributed by atoms with Crippen LogP contribution in [0.15, 0.2) is 97.1 Å². The molecule has 0 spiro atoms. The molecule has 5 rings (SSSR count). The number of ether oxygens (including phenoxy) is 1. The second kappa shape index (κ2) is 12.9. The summed E-state index contributed by atoms with van der Waals surface area (Å²) in [6, 6.07) is 32.5. The SMILES string of the molecule is COC(=O)c1cccc(CNCc2cccc(-c3ccc(-c4nc5ccccc5[nH]4)cc3)c2)c1.O=C(O)C(F)(F)F. The first-order valence-electron chi connectivity index (χ1n) is 12.5. The number of carbonyl (C=O) groups excluding carboxylic acids is 1. The fourth-order valence-electron chi connectivity index (χ4n) is 4.05. The van der Waals surface area contributed by atoms with Gasteiger partial charge in [0.05, 0.1) is 23.7 Å². The lowest BCUT2D eigenvalue weighted by Gasteiger charge is -2.09. The number of aliphatic carboxylic acids is 1. The molecule has 10 heteroatoms. The van der Waals surface area contributed by atoms with Gasteiger partial charge in [-0.15, -0.1) is 0 Å². The van der Waals surface area contributed by atoms with Crippen LogP contribution in [-0.4, -0.2) is 40.3 Å². The molecule has 3 N–H and O–H groups in total. The van der Waals surface area contributed by atoms with Crippen molar-refractivity contribution in [3.63, 3.8) is 0 Å². The molecule has 5 aromatic rings. The number of benzene rings is 4. The highest BCUT2D eigenvalue weighted by Gasteiger charge is 2.38. The summed E-state index contributed by atoms with van der Waals surface area (Å²) in [7, 11) is 1.40. The fourth-order valence-corrected chi connectivity index (χ4v) is 4.05. The van der Waals surface area contributed by atoms with Gasteiger partial charge in [-0.1, -0.05) is 66.7 Å². The van der Waals surface area contributed by atoms with Crippen molar-refractivity contribution in [2.75, 3.05) is 7.11 Å². The molecule has 0 bridgehead atoms. The molecule has 4 aromatic carbocycles. The summed E-state index contributed by atoms with van der Waals surface area (Å²) in [6.45, 7) is 1.40. The minimum Gasteiger partial charge on any atom is -0.475 e. The number of alkyl halides is 3. The van der Waals surface area contributed by atoms with E-state index in [1.807, 2.05) is 42.5 Å². The average Bonchev–Trinajstić information content (AvgIpc) is 3.41. The Balaban J connectivity index is 0.000000493. The molecule has 41 heavy (non-hydrogen) atoms. The van der Waals surface area contributed by atoms with Crippen LogP contribution in [-0.2, 0) is 22.6 Å². The molecule has 0 radical (unpaired) electrons. The first kappa shape index (κ1) is 29.0. The number of imidazole rings is 1. The Bertz CT molecular complexity index is 1610. The highest BCUT2D eigenvalue weighted by Crippen LogP contribution is 2.25. The van der Waals surface area contributed by atoms with E-state index >= 15 is 0 Å². The van der Waals surface area contributed by atoms with Crippen LogP contribution in [0, 0.1) is 0 Å². The van der Waals surface area contributed by atoms with Crippen LogP contribution in [0.5, 0.6) is 0 Å². The standard InChI is InChI=1S/C29H25N3O2.C2HF3O2/c1-34-29(33)25-9-5-7-21(17-25)19-30-18-20-6-4-8-24(16-20)22-12-14-23(15-13-22)28-31-26-10-2-3-11-27(26)32-28;3-2(4,5)1(6)7/h2-17,30H,18-19H2,1H3,(H,31,32);(H,6,7). The zero-order valence-electron chi connectivity index (χ0n) is 21.9. The molecule has 0 aliphatic heterocycles. The number of carboxylic acids is 1. The van der Waals surface area contributed by atoms with Gasteiger partial charge < -0.3 is 20.1 Å². The van der Waals surface area contributed by atoms with Crippen molar-refractivity contribution in [1.82, 2.24) is 15.3 Å². The van der Waals surface area contributed by atoms with Gasteiger partial charge in [0, 0.05) is 18.7 Å². The largest absolute Gasteiger partial charge is 0.490 e. The van der Waals surface area contributed by atoms with E-state index in [4.69, 9.17) is 14.6 Å². The third-order valence-electron chi connectivity index (χ3n) is 6.06. The normalized spacial score (nSPS) is 11.0. The number of aromatic nitrogens is 2. The molecule has 0 unspecified atom stereocenters. The molecule has 1 heterocycles. The maximum Gasteiger partial charge on any atom is 0.490 e. The van der Waals surface area contributed by atoms with Crippen molar-refractivity contribution in [2.45, 2.75) is 19.3 Å². The highest BCUT2D eigenvalue weighted by atomic mass is 19.4. The van der Waals surface area contributed by atoms with E-state index in [2.05, 4.69) is 63.8 Å². The molecule has 0 atom stereocenters. The number of aromatic amines is 1. The average molecular weight is 562 g/mol. The van der Waals surface area contributed by atoms with Gasteiger partial charge in [-0.25, -0.2) is 14.6 Å². The zero-order valence-corrected chi connectivity index (χ0v) is 21.9. The summed E-state index contributed by atoms with van der Waals surface area (Å²) in [6.07, 6.45) is -5.08. The van der Waals surface area contributed by atoms with Crippen molar-refractivity contribution in [1.29, 1.82) is 0 Å². The number of nitrogens with zero attached hydrogens (tertiary/aromatic N) is 1. The number of fused-ring (bicyclic) bond motifs is 1. The molecule has 7 nitrogen and oxygen atoms in total. The van der Waals surface area contributed by atoms with Crippen molar-refractivity contribution in [2.24, 2.45) is 0 Å². The Hall–Kier alpha value is -4.96. The van der Waals surface area contributed by atoms with Crippen LogP contribution in [0.25, 0.3) is 33.5 Å². The third kappa shape index (κ3) is 7.80. The van der Waals surface area contributed by atoms with Gasteiger partial charge in [-0.3, -0.25) is 0 Å². The lowest BCUT2D eigenvalue weighted by Crippen LogP contribution is -2.21. The molecular weight excluding hydrogens is 535 g/mol. The van der Waals surface area contributed by atoms with Crippen LogP contribution >= 0.6 is 0 Å². The van der Waals surface area contributed by atoms with E-state index in [0.717, 1.165) is 40.1 Å². The Morgan fingerprint density at radius 2 is 1.44 bits per heavy atom. The maximum absolute atomic E-state index is 11.7. The predicted octanol–water partition coefficient (Wildman–Crippen LogP) is 6.61. The van der Waals surface area contributed by atoms with Crippen molar-refractivity contribution >= 4 is 23.0 Å². The topological polar surface area (TPSA) is 104 Å². The van der Waals surface area contributed by atoms with E-state index in [0.29, 0.717) is 12.1 Å². The minimum absolute atomic E-state index is 0.319. The molecule has 0 aliphatic rings. The van der Waals surface area contributed by atoms with E-state index in [1.54, 1.807) is 6.07 Å². The lowest BCUT2D eigenvalue weighted by molar-refractivity contribution is -0.192. The van der Waals surface area contributed by atoms with Crippen molar-refractivity contribution in [3.05, 3.63) is 114 Å². The predicted molar refractivity (Wildman–Crippen MR) is 149 cm³/mol. The molecule has 0 amide bonds. The smallest absolute Gasteiger partial charge is 0.475 e. The maximum atomic E-state index is 11.7. The molecule has 1 aromatic heterocycles. The Morgan fingerprint density at radius 3 is 2.07 bits per heavy atom. The van der Waals surface area contributed by atoms with E-state index < -0.39 is 12.1 Å². The Morgan fingerprint density at radius 1 is 0.829 bits per heavy atom. The van der Waals surface area contributed by atoms with Crippen LogP contribution in [0.3, 0.4) is 0 Å². The number of esters is 1. The number of hydrogen-bond donors (Lipinski definition) is 3. The summed E-state index contributed by atoms with van der Waals surface area (Å²) in [4.78, 5) is 28.7. The van der Waals surface area contributed by atoms with Gasteiger partial charge in [0.1, 0.15) is 5.82 Å². The van der Waals surface area contributed by atoms with Gasteiger partial charge in [0.15, 0.2) is 0 Å². The number of halogens is 3. The van der Waals surface area contributed by atoms with Crippen LogP contribution in [0.4, 0.5) is 13.2 Å². The molecule has 0 aliphatic carbocycles. The molecule has 210 valence electrons. The number of nitrogens with one attached hydrogen (secondary N) is 2. The van der Waals surface area contributed by atoms with E-state index in [1.165, 1.54) is 18.2 Å². The fraction of sp³-hybridized carbons (Fsp3) is 0.129. The zero-order chi connectivity index (χ0) is 29.4. The van der Waals surface area contributed by atoms with Gasteiger partial charge in [-0.2, -0.15) is 13.2 Å². The quantitative estimate of drug-likeness (QED) is 0.193. The number of methoxy groups -OCH3 is 1. The third-order valence-corrected chi connectivity index (χ3v) is 6.06. The summed E-state index contributed by atoms with van der Waals surface area (Å²) in [5, 5.41) is 10.6. The summed E-state index contributed by atoms with van der Waals surface area (Å²) >= 11 is 0. The van der Waals surface area contributed by atoms with Crippen molar-refractivity contribution < 1.29 is 32.6 Å². The molecule has 0 fully saturated rings. The molecular formula is C31H26F3N3O4. The molecule has 0 saturated carbocycles. The summed E-state index contributed by atoms with van der Waals surface area (Å²) in [5.41, 5.74) is 8.21.